The summed E-state index contributed by atoms with van der Waals surface area (Å²) in [6.45, 7) is 3.54. The van der Waals surface area contributed by atoms with Gasteiger partial charge in [0, 0.05) is 50.1 Å². The Kier molecular flexibility index (Phi) is 7.28. The fourth-order valence-corrected chi connectivity index (χ4v) is 3.89. The van der Waals surface area contributed by atoms with Crippen molar-refractivity contribution in [2.75, 3.05) is 51.3 Å². The molecule has 8 nitrogen and oxygen atoms in total. The molecule has 4 rings (SSSR count). The smallest absolute Gasteiger partial charge is 0.262 e. The van der Waals surface area contributed by atoms with Crippen molar-refractivity contribution in [3.8, 4) is 17.4 Å². The second-order valence-corrected chi connectivity index (χ2v) is 8.45. The number of hydrogen-bond donors (Lipinski definition) is 3. The van der Waals surface area contributed by atoms with Gasteiger partial charge in [-0.05, 0) is 48.2 Å². The molecule has 176 valence electrons. The zero-order chi connectivity index (χ0) is 24.1. The van der Waals surface area contributed by atoms with Gasteiger partial charge in [0.25, 0.3) is 5.91 Å². The van der Waals surface area contributed by atoms with Gasteiger partial charge in [0.1, 0.15) is 23.2 Å². The summed E-state index contributed by atoms with van der Waals surface area (Å²) in [4.78, 5) is 16.9. The summed E-state index contributed by atoms with van der Waals surface area (Å²) in [5.74, 6) is 0.356. The van der Waals surface area contributed by atoms with Crippen molar-refractivity contribution >= 4 is 28.4 Å². The molecule has 8 heteroatoms. The van der Waals surface area contributed by atoms with E-state index in [2.05, 4.69) is 52.5 Å². The lowest BCUT2D eigenvalue weighted by atomic mass is 10.0. The molecule has 0 bridgehead atoms. The van der Waals surface area contributed by atoms with E-state index < -0.39 is 18.6 Å². The minimum absolute atomic E-state index is 0.147. The number of carbonyl (C=O) groups excluding carboxylic acids is 1. The monoisotopic (exact) mass is 460 g/mol. The van der Waals surface area contributed by atoms with Crippen LogP contribution in [-0.2, 0) is 4.79 Å². The van der Waals surface area contributed by atoms with Crippen LogP contribution in [-0.4, -0.2) is 73.5 Å². The molecule has 0 radical (unpaired) electrons. The van der Waals surface area contributed by atoms with Gasteiger partial charge >= 0.3 is 0 Å². The van der Waals surface area contributed by atoms with Crippen LogP contribution in [0.1, 0.15) is 5.76 Å². The third-order valence-corrected chi connectivity index (χ3v) is 5.96. The SMILES string of the molecule is CN1CCN(c2ccc3cc(-c4ccc(/C=C(\C#N)C(=O)NCC(O)CO)o4)ccc3c2)CC1. The van der Waals surface area contributed by atoms with E-state index >= 15 is 0 Å². The summed E-state index contributed by atoms with van der Waals surface area (Å²) < 4.78 is 5.87. The number of furan rings is 1. The van der Waals surface area contributed by atoms with E-state index in [4.69, 9.17) is 9.52 Å². The fourth-order valence-electron chi connectivity index (χ4n) is 3.89. The van der Waals surface area contributed by atoms with Crippen molar-refractivity contribution in [2.24, 2.45) is 0 Å². The van der Waals surface area contributed by atoms with Crippen molar-refractivity contribution in [3.05, 3.63) is 59.9 Å². The molecule has 1 amide bonds. The number of piperazine rings is 1. The maximum absolute atomic E-state index is 12.1. The second-order valence-electron chi connectivity index (χ2n) is 8.45. The van der Waals surface area contributed by atoms with E-state index in [1.54, 1.807) is 12.1 Å². The van der Waals surface area contributed by atoms with E-state index in [0.717, 1.165) is 42.5 Å². The highest BCUT2D eigenvalue weighted by atomic mass is 16.3. The first-order valence-corrected chi connectivity index (χ1v) is 11.2. The van der Waals surface area contributed by atoms with Gasteiger partial charge in [-0.1, -0.05) is 18.2 Å². The summed E-state index contributed by atoms with van der Waals surface area (Å²) in [5, 5.41) is 32.2. The van der Waals surface area contributed by atoms with Gasteiger partial charge < -0.3 is 29.7 Å². The summed E-state index contributed by atoms with van der Waals surface area (Å²) in [5.41, 5.74) is 1.97. The predicted molar refractivity (Wildman–Crippen MR) is 131 cm³/mol. The van der Waals surface area contributed by atoms with Crippen LogP contribution in [0, 0.1) is 11.3 Å². The number of nitriles is 1. The van der Waals surface area contributed by atoms with Crippen LogP contribution in [0.15, 0.2) is 58.5 Å². The van der Waals surface area contributed by atoms with E-state index in [1.165, 1.54) is 11.8 Å². The molecule has 1 aliphatic rings. The minimum atomic E-state index is -1.08. The molecular weight excluding hydrogens is 432 g/mol. The van der Waals surface area contributed by atoms with Gasteiger partial charge in [-0.3, -0.25) is 4.79 Å². The Labute approximate surface area is 198 Å². The summed E-state index contributed by atoms with van der Waals surface area (Å²) >= 11 is 0. The van der Waals surface area contributed by atoms with E-state index in [1.807, 2.05) is 12.1 Å². The lowest BCUT2D eigenvalue weighted by molar-refractivity contribution is -0.117. The van der Waals surface area contributed by atoms with Crippen LogP contribution in [0.2, 0.25) is 0 Å². The Balaban J connectivity index is 1.50. The Bertz CT molecular complexity index is 1240. The zero-order valence-electron chi connectivity index (χ0n) is 19.1. The van der Waals surface area contributed by atoms with Crippen molar-refractivity contribution < 1.29 is 19.4 Å². The summed E-state index contributed by atoms with van der Waals surface area (Å²) in [6.07, 6.45) is 0.276. The molecule has 2 heterocycles. The average molecular weight is 461 g/mol. The van der Waals surface area contributed by atoms with Crippen molar-refractivity contribution in [2.45, 2.75) is 6.10 Å². The molecule has 3 N–H and O–H groups in total. The Hall–Kier alpha value is -3.64. The molecule has 0 spiro atoms. The largest absolute Gasteiger partial charge is 0.457 e. The number of hydrogen-bond acceptors (Lipinski definition) is 7. The first-order chi connectivity index (χ1) is 16.5. The first-order valence-electron chi connectivity index (χ1n) is 11.2. The van der Waals surface area contributed by atoms with Gasteiger partial charge in [-0.15, -0.1) is 0 Å². The first kappa shape index (κ1) is 23.5. The molecular formula is C26H28N4O4. The molecule has 0 aliphatic carbocycles. The van der Waals surface area contributed by atoms with Gasteiger partial charge in [-0.2, -0.15) is 5.26 Å². The second kappa shape index (κ2) is 10.5. The number of anilines is 1. The number of nitrogens with one attached hydrogen (secondary N) is 1. The van der Waals surface area contributed by atoms with Crippen molar-refractivity contribution in [3.63, 3.8) is 0 Å². The lowest BCUT2D eigenvalue weighted by Gasteiger charge is -2.34. The molecule has 3 aromatic rings. The lowest BCUT2D eigenvalue weighted by Crippen LogP contribution is -2.44. The van der Waals surface area contributed by atoms with Crippen LogP contribution in [0.5, 0.6) is 0 Å². The maximum Gasteiger partial charge on any atom is 0.262 e. The van der Waals surface area contributed by atoms with Gasteiger partial charge in [0.05, 0.1) is 12.7 Å². The summed E-state index contributed by atoms with van der Waals surface area (Å²) in [7, 11) is 2.15. The zero-order valence-corrected chi connectivity index (χ0v) is 19.1. The van der Waals surface area contributed by atoms with Gasteiger partial charge in [0.2, 0.25) is 0 Å². The van der Waals surface area contributed by atoms with Crippen LogP contribution >= 0.6 is 0 Å². The topological polar surface area (TPSA) is 113 Å². The standard InChI is InChI=1S/C26H28N4O4/c1-29-8-10-30(11-9-29)22-5-4-18-12-20(3-2-19(18)13-22)25-7-6-24(34-25)14-21(15-27)26(33)28-16-23(32)17-31/h2-7,12-14,23,31-32H,8-11,16-17H2,1H3,(H,28,33)/b21-14+. The third kappa shape index (κ3) is 5.46. The number of nitrogens with zero attached hydrogens (tertiary/aromatic N) is 3. The normalized spacial score (nSPS) is 15.8. The highest BCUT2D eigenvalue weighted by Gasteiger charge is 2.15. The van der Waals surface area contributed by atoms with Gasteiger partial charge in [-0.25, -0.2) is 0 Å². The number of amides is 1. The number of carbonyl (C=O) groups is 1. The molecule has 34 heavy (non-hydrogen) atoms. The molecule has 0 saturated carbocycles. The minimum Gasteiger partial charge on any atom is -0.457 e. The van der Waals surface area contributed by atoms with Crippen molar-refractivity contribution in [1.82, 2.24) is 10.2 Å². The van der Waals surface area contributed by atoms with Crippen molar-refractivity contribution in [1.29, 1.82) is 5.26 Å². The highest BCUT2D eigenvalue weighted by molar-refractivity contribution is 6.01. The number of aliphatic hydroxyl groups excluding tert-OH is 2. The van der Waals surface area contributed by atoms with Crippen LogP contribution in [0.3, 0.4) is 0 Å². The maximum atomic E-state index is 12.1. The molecule has 1 fully saturated rings. The predicted octanol–water partition coefficient (Wildman–Crippen LogP) is 2.23. The fraction of sp³-hybridized carbons (Fsp3) is 0.308. The van der Waals surface area contributed by atoms with Gasteiger partial charge in [0.15, 0.2) is 0 Å². The number of likely N-dealkylation sites (N-methyl/N-ethyl adjacent to an activating group) is 1. The van der Waals surface area contributed by atoms with Crippen LogP contribution in [0.4, 0.5) is 5.69 Å². The van der Waals surface area contributed by atoms with E-state index in [9.17, 15) is 15.2 Å². The number of rotatable bonds is 7. The molecule has 1 atom stereocenters. The van der Waals surface area contributed by atoms with Crippen LogP contribution < -0.4 is 10.2 Å². The van der Waals surface area contributed by atoms with E-state index in [0.29, 0.717) is 11.5 Å². The quantitative estimate of drug-likeness (QED) is 0.366. The summed E-state index contributed by atoms with van der Waals surface area (Å²) in [6, 6.07) is 18.0. The Morgan fingerprint density at radius 1 is 1.15 bits per heavy atom. The molecule has 1 aromatic heterocycles. The Morgan fingerprint density at radius 3 is 2.62 bits per heavy atom. The molecule has 2 aromatic carbocycles. The number of fused-ring (bicyclic) bond motifs is 1. The molecule has 1 aliphatic heterocycles. The molecule has 1 unspecified atom stereocenters. The average Bonchev–Trinajstić information content (AvgIpc) is 3.34. The number of benzene rings is 2. The highest BCUT2D eigenvalue weighted by Crippen LogP contribution is 2.29. The Morgan fingerprint density at radius 2 is 1.88 bits per heavy atom. The molecule has 1 saturated heterocycles. The number of aliphatic hydroxyl groups is 2. The van der Waals surface area contributed by atoms with Crippen LogP contribution in [0.25, 0.3) is 28.2 Å². The van der Waals surface area contributed by atoms with E-state index in [-0.39, 0.29) is 12.1 Å². The third-order valence-electron chi connectivity index (χ3n) is 5.96.